The van der Waals surface area contributed by atoms with E-state index >= 15 is 0 Å². The first-order valence-electron chi connectivity index (χ1n) is 8.26. The third-order valence-corrected chi connectivity index (χ3v) is 5.51. The maximum absolute atomic E-state index is 12.7. The average molecular weight is 349 g/mol. The van der Waals surface area contributed by atoms with Gasteiger partial charge in [-0.1, -0.05) is 30.3 Å². The van der Waals surface area contributed by atoms with Crippen LogP contribution in [0.3, 0.4) is 0 Å². The molecule has 0 atom stereocenters. The quantitative estimate of drug-likeness (QED) is 0.597. The first kappa shape index (κ1) is 15.8. The van der Waals surface area contributed by atoms with Crippen molar-refractivity contribution in [3.8, 4) is 0 Å². The van der Waals surface area contributed by atoms with Gasteiger partial charge in [-0.05, 0) is 30.7 Å². The summed E-state index contributed by atoms with van der Waals surface area (Å²) in [4.78, 5) is 22.5. The Labute approximate surface area is 150 Å². The zero-order chi connectivity index (χ0) is 17.4. The van der Waals surface area contributed by atoms with Crippen LogP contribution < -0.4 is 0 Å². The van der Waals surface area contributed by atoms with Crippen LogP contribution in [0.2, 0.25) is 0 Å². The molecule has 1 N–H and O–H groups in total. The van der Waals surface area contributed by atoms with Crippen LogP contribution in [-0.4, -0.2) is 27.8 Å². The summed E-state index contributed by atoms with van der Waals surface area (Å²) in [6.07, 6.45) is 0.400. The second-order valence-electron chi connectivity index (χ2n) is 6.28. The largest absolute Gasteiger partial charge is 0.358 e. The lowest BCUT2D eigenvalue weighted by atomic mass is 10.1. The van der Waals surface area contributed by atoms with E-state index in [9.17, 15) is 4.79 Å². The molecule has 0 saturated carbocycles. The van der Waals surface area contributed by atoms with Crippen molar-refractivity contribution in [1.29, 1.82) is 0 Å². The number of nitrogens with zero attached hydrogens (tertiary/aromatic N) is 2. The molecule has 0 aliphatic rings. The van der Waals surface area contributed by atoms with Gasteiger partial charge in [0.05, 0.1) is 23.2 Å². The Morgan fingerprint density at radius 3 is 2.76 bits per heavy atom. The standard InChI is InChI=1S/C20H19N3OS/c1-13-15(14-7-3-4-8-16(14)21-13)11-20(24)23(2)12-19-22-17-9-5-6-10-18(17)25-19/h3-10,21H,11-12H2,1-2H3. The van der Waals surface area contributed by atoms with Gasteiger partial charge in [0.1, 0.15) is 5.01 Å². The van der Waals surface area contributed by atoms with E-state index in [-0.39, 0.29) is 5.91 Å². The summed E-state index contributed by atoms with van der Waals surface area (Å²) < 4.78 is 1.16. The van der Waals surface area contributed by atoms with E-state index in [1.807, 2.05) is 50.4 Å². The number of hydrogen-bond acceptors (Lipinski definition) is 3. The fraction of sp³-hybridized carbons (Fsp3) is 0.200. The van der Waals surface area contributed by atoms with E-state index in [1.165, 1.54) is 0 Å². The van der Waals surface area contributed by atoms with Crippen molar-refractivity contribution in [1.82, 2.24) is 14.9 Å². The smallest absolute Gasteiger partial charge is 0.227 e. The van der Waals surface area contributed by atoms with Crippen molar-refractivity contribution in [2.24, 2.45) is 0 Å². The van der Waals surface area contributed by atoms with Gasteiger partial charge in [0.15, 0.2) is 0 Å². The summed E-state index contributed by atoms with van der Waals surface area (Å²) in [5, 5.41) is 2.09. The SMILES string of the molecule is Cc1[nH]c2ccccc2c1CC(=O)N(C)Cc1nc2ccccc2s1. The lowest BCUT2D eigenvalue weighted by molar-refractivity contribution is -0.129. The molecular weight excluding hydrogens is 330 g/mol. The zero-order valence-corrected chi connectivity index (χ0v) is 15.1. The summed E-state index contributed by atoms with van der Waals surface area (Å²) in [5.41, 5.74) is 4.21. The summed E-state index contributed by atoms with van der Waals surface area (Å²) in [7, 11) is 1.85. The molecule has 4 aromatic rings. The van der Waals surface area contributed by atoms with Gasteiger partial charge in [-0.3, -0.25) is 4.79 Å². The normalized spacial score (nSPS) is 11.3. The lowest BCUT2D eigenvalue weighted by Gasteiger charge is -2.15. The van der Waals surface area contributed by atoms with Crippen LogP contribution in [0.15, 0.2) is 48.5 Å². The zero-order valence-electron chi connectivity index (χ0n) is 14.2. The number of carbonyl (C=O) groups excluding carboxylic acids is 1. The van der Waals surface area contributed by atoms with Gasteiger partial charge in [0.25, 0.3) is 0 Å². The molecule has 0 bridgehead atoms. The minimum Gasteiger partial charge on any atom is -0.358 e. The number of aromatic amines is 1. The number of hydrogen-bond donors (Lipinski definition) is 1. The van der Waals surface area contributed by atoms with Crippen LogP contribution in [0.1, 0.15) is 16.3 Å². The van der Waals surface area contributed by atoms with Crippen molar-refractivity contribution >= 4 is 38.4 Å². The number of thiazole rings is 1. The first-order chi connectivity index (χ1) is 12.1. The molecule has 1 amide bonds. The third-order valence-electron chi connectivity index (χ3n) is 4.49. The summed E-state index contributed by atoms with van der Waals surface area (Å²) in [6.45, 7) is 2.57. The molecule has 5 heteroatoms. The lowest BCUT2D eigenvalue weighted by Crippen LogP contribution is -2.27. The molecule has 0 saturated heterocycles. The maximum Gasteiger partial charge on any atom is 0.227 e. The van der Waals surface area contributed by atoms with Gasteiger partial charge in [-0.25, -0.2) is 4.98 Å². The van der Waals surface area contributed by atoms with E-state index in [1.54, 1.807) is 16.2 Å². The number of para-hydroxylation sites is 2. The highest BCUT2D eigenvalue weighted by Crippen LogP contribution is 2.24. The Morgan fingerprint density at radius 1 is 1.16 bits per heavy atom. The maximum atomic E-state index is 12.7. The highest BCUT2D eigenvalue weighted by molar-refractivity contribution is 7.18. The van der Waals surface area contributed by atoms with E-state index < -0.39 is 0 Å². The van der Waals surface area contributed by atoms with Crippen LogP contribution in [-0.2, 0) is 17.8 Å². The van der Waals surface area contributed by atoms with Gasteiger partial charge in [-0.2, -0.15) is 0 Å². The number of nitrogens with one attached hydrogen (secondary N) is 1. The van der Waals surface area contributed by atoms with Gasteiger partial charge in [0, 0.05) is 23.6 Å². The molecule has 0 radical (unpaired) electrons. The molecule has 0 aliphatic heterocycles. The molecule has 0 fully saturated rings. The fourth-order valence-corrected chi connectivity index (χ4v) is 4.15. The van der Waals surface area contributed by atoms with Crippen LogP contribution in [0, 0.1) is 6.92 Å². The van der Waals surface area contributed by atoms with Crippen LogP contribution in [0.4, 0.5) is 0 Å². The van der Waals surface area contributed by atoms with Crippen molar-refractivity contribution < 1.29 is 4.79 Å². The Kier molecular flexibility index (Phi) is 4.01. The molecule has 0 aliphatic carbocycles. The topological polar surface area (TPSA) is 49.0 Å². The van der Waals surface area contributed by atoms with Gasteiger partial charge >= 0.3 is 0 Å². The molecule has 126 valence electrons. The highest BCUT2D eigenvalue weighted by atomic mass is 32.1. The minimum absolute atomic E-state index is 0.104. The van der Waals surface area contributed by atoms with E-state index in [0.29, 0.717) is 13.0 Å². The number of benzene rings is 2. The first-order valence-corrected chi connectivity index (χ1v) is 9.08. The fourth-order valence-electron chi connectivity index (χ4n) is 3.13. The van der Waals surface area contributed by atoms with Crippen molar-refractivity contribution in [2.75, 3.05) is 7.05 Å². The van der Waals surface area contributed by atoms with Gasteiger partial charge < -0.3 is 9.88 Å². The molecular formula is C20H19N3OS. The Bertz CT molecular complexity index is 1030. The second-order valence-corrected chi connectivity index (χ2v) is 7.39. The number of carbonyl (C=O) groups is 1. The molecule has 2 aromatic carbocycles. The van der Waals surface area contributed by atoms with E-state index in [2.05, 4.69) is 22.1 Å². The third kappa shape index (κ3) is 3.03. The summed E-state index contributed by atoms with van der Waals surface area (Å²) >= 11 is 1.65. The predicted molar refractivity (Wildman–Crippen MR) is 103 cm³/mol. The Balaban J connectivity index is 1.52. The summed E-state index contributed by atoms with van der Waals surface area (Å²) in [6, 6.07) is 16.2. The van der Waals surface area contributed by atoms with Gasteiger partial charge in [-0.15, -0.1) is 11.3 Å². The summed E-state index contributed by atoms with van der Waals surface area (Å²) in [5.74, 6) is 0.104. The molecule has 2 heterocycles. The monoisotopic (exact) mass is 349 g/mol. The molecule has 25 heavy (non-hydrogen) atoms. The van der Waals surface area contributed by atoms with Crippen LogP contribution >= 0.6 is 11.3 Å². The average Bonchev–Trinajstić information content (AvgIpc) is 3.15. The molecule has 0 unspecified atom stereocenters. The van der Waals surface area contributed by atoms with Crippen molar-refractivity contribution in [3.05, 3.63) is 64.8 Å². The Hall–Kier alpha value is -2.66. The second kappa shape index (κ2) is 6.33. The number of fused-ring (bicyclic) bond motifs is 2. The number of aryl methyl sites for hydroxylation is 1. The van der Waals surface area contributed by atoms with Crippen molar-refractivity contribution in [3.63, 3.8) is 0 Å². The van der Waals surface area contributed by atoms with Crippen LogP contribution in [0.5, 0.6) is 0 Å². The van der Waals surface area contributed by atoms with E-state index in [4.69, 9.17) is 0 Å². The Morgan fingerprint density at radius 2 is 1.92 bits per heavy atom. The molecule has 0 spiro atoms. The molecule has 4 nitrogen and oxygen atoms in total. The van der Waals surface area contributed by atoms with Crippen molar-refractivity contribution in [2.45, 2.75) is 19.9 Å². The van der Waals surface area contributed by atoms with Crippen LogP contribution in [0.25, 0.3) is 21.1 Å². The number of likely N-dealkylation sites (N-methyl/N-ethyl adjacent to an activating group) is 1. The number of amides is 1. The molecule has 4 rings (SSSR count). The van der Waals surface area contributed by atoms with Gasteiger partial charge in [0.2, 0.25) is 5.91 Å². The number of H-pyrrole nitrogens is 1. The predicted octanol–water partition coefficient (Wildman–Crippen LogP) is 4.29. The highest BCUT2D eigenvalue weighted by Gasteiger charge is 2.16. The number of rotatable bonds is 4. The number of aromatic nitrogens is 2. The minimum atomic E-state index is 0.104. The molecule has 2 aromatic heterocycles. The van der Waals surface area contributed by atoms with E-state index in [0.717, 1.165) is 37.4 Å².